The van der Waals surface area contributed by atoms with E-state index in [1.165, 1.54) is 51.6 Å². The Morgan fingerprint density at radius 3 is 2.70 bits per heavy atom. The molecule has 0 aromatic carbocycles. The standard InChI is InChI=1S/C16H31N3O/c1-18-9-3-4-14(11-18)19(2)12-16-8-7-15(20-16)10-17-13-5-6-13/h13-17H,3-12H2,1-2H3. The van der Waals surface area contributed by atoms with Crippen molar-refractivity contribution in [3.05, 3.63) is 0 Å². The van der Waals surface area contributed by atoms with Gasteiger partial charge in [-0.1, -0.05) is 0 Å². The molecule has 20 heavy (non-hydrogen) atoms. The van der Waals surface area contributed by atoms with Crippen molar-refractivity contribution in [3.8, 4) is 0 Å². The fourth-order valence-electron chi connectivity index (χ4n) is 3.62. The van der Waals surface area contributed by atoms with Gasteiger partial charge in [-0.05, 0) is 59.2 Å². The number of hydrogen-bond acceptors (Lipinski definition) is 4. The van der Waals surface area contributed by atoms with E-state index in [2.05, 4.69) is 29.2 Å². The highest BCUT2D eigenvalue weighted by molar-refractivity contribution is 4.85. The van der Waals surface area contributed by atoms with Gasteiger partial charge in [-0.2, -0.15) is 0 Å². The molecule has 2 aliphatic heterocycles. The Morgan fingerprint density at radius 1 is 1.15 bits per heavy atom. The van der Waals surface area contributed by atoms with E-state index >= 15 is 0 Å². The first kappa shape index (κ1) is 14.8. The summed E-state index contributed by atoms with van der Waals surface area (Å²) < 4.78 is 6.21. The van der Waals surface area contributed by atoms with Crippen LogP contribution < -0.4 is 5.32 Å². The van der Waals surface area contributed by atoms with Gasteiger partial charge in [0.05, 0.1) is 12.2 Å². The van der Waals surface area contributed by atoms with E-state index in [4.69, 9.17) is 4.74 Å². The minimum absolute atomic E-state index is 0.457. The minimum Gasteiger partial charge on any atom is -0.372 e. The molecule has 1 saturated carbocycles. The maximum absolute atomic E-state index is 6.21. The molecule has 0 spiro atoms. The zero-order valence-corrected chi connectivity index (χ0v) is 13.2. The zero-order chi connectivity index (χ0) is 13.9. The third-order valence-corrected chi connectivity index (χ3v) is 5.12. The molecule has 0 aromatic rings. The van der Waals surface area contributed by atoms with E-state index in [0.717, 1.165) is 25.2 Å². The van der Waals surface area contributed by atoms with Gasteiger partial charge in [0.15, 0.2) is 0 Å². The van der Waals surface area contributed by atoms with E-state index in [0.29, 0.717) is 12.2 Å². The molecule has 0 aromatic heterocycles. The highest BCUT2D eigenvalue weighted by Crippen LogP contribution is 2.24. The van der Waals surface area contributed by atoms with Gasteiger partial charge in [-0.25, -0.2) is 0 Å². The average molecular weight is 281 g/mol. The first-order valence-corrected chi connectivity index (χ1v) is 8.48. The molecule has 3 rings (SSSR count). The molecule has 2 saturated heterocycles. The Morgan fingerprint density at radius 2 is 1.95 bits per heavy atom. The van der Waals surface area contributed by atoms with Crippen LogP contribution in [0.1, 0.15) is 38.5 Å². The molecule has 3 fully saturated rings. The zero-order valence-electron chi connectivity index (χ0n) is 13.2. The van der Waals surface area contributed by atoms with Crippen LogP contribution in [-0.4, -0.2) is 74.4 Å². The largest absolute Gasteiger partial charge is 0.372 e. The summed E-state index contributed by atoms with van der Waals surface area (Å²) in [6.45, 7) is 4.66. The molecule has 2 heterocycles. The van der Waals surface area contributed by atoms with Gasteiger partial charge < -0.3 is 15.0 Å². The Bertz CT molecular complexity index is 308. The molecule has 0 bridgehead atoms. The molecular weight excluding hydrogens is 250 g/mol. The number of rotatable bonds is 6. The highest BCUT2D eigenvalue weighted by Gasteiger charge is 2.30. The second kappa shape index (κ2) is 6.73. The predicted molar refractivity (Wildman–Crippen MR) is 82.1 cm³/mol. The van der Waals surface area contributed by atoms with Gasteiger partial charge in [0.1, 0.15) is 0 Å². The maximum atomic E-state index is 6.21. The van der Waals surface area contributed by atoms with Crippen molar-refractivity contribution in [2.75, 3.05) is 40.3 Å². The first-order chi connectivity index (χ1) is 9.70. The van der Waals surface area contributed by atoms with Gasteiger partial charge >= 0.3 is 0 Å². The van der Waals surface area contributed by atoms with Crippen LogP contribution >= 0.6 is 0 Å². The van der Waals surface area contributed by atoms with Crippen LogP contribution in [0.15, 0.2) is 0 Å². The summed E-state index contributed by atoms with van der Waals surface area (Å²) in [5.74, 6) is 0. The molecule has 4 nitrogen and oxygen atoms in total. The molecule has 0 radical (unpaired) electrons. The molecular formula is C16H31N3O. The van der Waals surface area contributed by atoms with E-state index in [1.54, 1.807) is 0 Å². The second-order valence-corrected chi connectivity index (χ2v) is 7.14. The summed E-state index contributed by atoms with van der Waals surface area (Å²) in [6.07, 6.45) is 8.82. The molecule has 3 unspecified atom stereocenters. The molecule has 3 atom stereocenters. The third-order valence-electron chi connectivity index (χ3n) is 5.12. The fraction of sp³-hybridized carbons (Fsp3) is 1.00. The smallest absolute Gasteiger partial charge is 0.0707 e. The normalized spacial score (nSPS) is 35.9. The number of hydrogen-bond donors (Lipinski definition) is 1. The Kier molecular flexibility index (Phi) is 4.97. The van der Waals surface area contributed by atoms with E-state index < -0.39 is 0 Å². The van der Waals surface area contributed by atoms with Gasteiger partial charge in [0, 0.05) is 31.7 Å². The van der Waals surface area contributed by atoms with Crippen LogP contribution in [0, 0.1) is 0 Å². The highest BCUT2D eigenvalue weighted by atomic mass is 16.5. The van der Waals surface area contributed by atoms with Crippen LogP contribution in [0.3, 0.4) is 0 Å². The summed E-state index contributed by atoms with van der Waals surface area (Å²) in [5, 5.41) is 3.60. The van der Waals surface area contributed by atoms with Gasteiger partial charge in [0.2, 0.25) is 0 Å². The fourth-order valence-corrected chi connectivity index (χ4v) is 3.62. The first-order valence-electron chi connectivity index (χ1n) is 8.48. The predicted octanol–water partition coefficient (Wildman–Crippen LogP) is 1.31. The van der Waals surface area contributed by atoms with Crippen molar-refractivity contribution in [3.63, 3.8) is 0 Å². The lowest BCUT2D eigenvalue weighted by atomic mass is 10.0. The summed E-state index contributed by atoms with van der Waals surface area (Å²) in [4.78, 5) is 5.00. The maximum Gasteiger partial charge on any atom is 0.0707 e. The van der Waals surface area contributed by atoms with Crippen molar-refractivity contribution in [2.45, 2.75) is 62.8 Å². The molecule has 116 valence electrons. The third kappa shape index (κ3) is 4.17. The van der Waals surface area contributed by atoms with Crippen molar-refractivity contribution in [1.29, 1.82) is 0 Å². The topological polar surface area (TPSA) is 27.7 Å². The number of piperidine rings is 1. The van der Waals surface area contributed by atoms with Gasteiger partial charge in [-0.3, -0.25) is 4.90 Å². The van der Waals surface area contributed by atoms with Crippen LogP contribution in [0.4, 0.5) is 0 Å². The van der Waals surface area contributed by atoms with Crippen LogP contribution in [-0.2, 0) is 4.74 Å². The number of ether oxygens (including phenoxy) is 1. The number of likely N-dealkylation sites (N-methyl/N-ethyl adjacent to an activating group) is 2. The summed E-state index contributed by atoms with van der Waals surface area (Å²) >= 11 is 0. The minimum atomic E-state index is 0.457. The van der Waals surface area contributed by atoms with E-state index in [9.17, 15) is 0 Å². The Balaban J connectivity index is 1.36. The van der Waals surface area contributed by atoms with Crippen molar-refractivity contribution < 1.29 is 4.74 Å². The quantitative estimate of drug-likeness (QED) is 0.794. The molecule has 0 amide bonds. The van der Waals surface area contributed by atoms with Crippen molar-refractivity contribution in [1.82, 2.24) is 15.1 Å². The molecule has 1 N–H and O–H groups in total. The van der Waals surface area contributed by atoms with Crippen LogP contribution in [0.25, 0.3) is 0 Å². The lowest BCUT2D eigenvalue weighted by molar-refractivity contribution is 0.0131. The molecule has 4 heteroatoms. The second-order valence-electron chi connectivity index (χ2n) is 7.14. The number of nitrogens with zero attached hydrogens (tertiary/aromatic N) is 2. The summed E-state index contributed by atoms with van der Waals surface area (Å²) in [6, 6.07) is 1.53. The summed E-state index contributed by atoms with van der Waals surface area (Å²) in [5.41, 5.74) is 0. The van der Waals surface area contributed by atoms with Crippen LogP contribution in [0.2, 0.25) is 0 Å². The lowest BCUT2D eigenvalue weighted by Crippen LogP contribution is -2.47. The monoisotopic (exact) mass is 281 g/mol. The number of likely N-dealkylation sites (tertiary alicyclic amines) is 1. The van der Waals surface area contributed by atoms with E-state index in [1.807, 2.05) is 0 Å². The molecule has 1 aliphatic carbocycles. The van der Waals surface area contributed by atoms with Crippen molar-refractivity contribution in [2.24, 2.45) is 0 Å². The Labute approximate surface area is 123 Å². The number of nitrogens with one attached hydrogen (secondary N) is 1. The average Bonchev–Trinajstić information content (AvgIpc) is 3.16. The molecule has 3 aliphatic rings. The Hall–Kier alpha value is -0.160. The SMILES string of the molecule is CN1CCCC(N(C)CC2CCC(CNC3CC3)O2)C1. The van der Waals surface area contributed by atoms with Crippen LogP contribution in [0.5, 0.6) is 0 Å². The van der Waals surface area contributed by atoms with Gasteiger partial charge in [0.25, 0.3) is 0 Å². The van der Waals surface area contributed by atoms with Gasteiger partial charge in [-0.15, -0.1) is 0 Å². The van der Waals surface area contributed by atoms with Crippen molar-refractivity contribution >= 4 is 0 Å². The lowest BCUT2D eigenvalue weighted by Gasteiger charge is -2.36. The summed E-state index contributed by atoms with van der Waals surface area (Å²) in [7, 11) is 4.52. The van der Waals surface area contributed by atoms with E-state index in [-0.39, 0.29) is 0 Å².